The number of halogens is 1. The molecule has 0 saturated carbocycles. The third-order valence-electron chi connectivity index (χ3n) is 14.7. The topological polar surface area (TPSA) is 306 Å². The first-order valence-electron chi connectivity index (χ1n) is 26.5. The number of likely N-dealkylation sites (N-methyl/N-ethyl adjacent to an activating group) is 1. The summed E-state index contributed by atoms with van der Waals surface area (Å²) in [7, 11) is 1.64. The Hall–Kier alpha value is -8.35. The van der Waals surface area contributed by atoms with E-state index in [1.807, 2.05) is 6.21 Å². The number of hydrogen-bond donors (Lipinski definition) is 7. The molecule has 0 saturated heterocycles. The number of nitrogens with zero attached hydrogens (tertiary/aromatic N) is 4. The van der Waals surface area contributed by atoms with E-state index >= 15 is 4.39 Å². The predicted octanol–water partition coefficient (Wildman–Crippen LogP) is 0.0380. The Morgan fingerprint density at radius 3 is 2.36 bits per heavy atom. The minimum Gasteiger partial charge on any atom is -0.458 e. The lowest BCUT2D eigenvalue weighted by Gasteiger charge is -2.31. The standard InChI is InChI=1S/C56H63FN10O13/c1-4-56(78)38-22-42-52-36(29-67(42)54(76)37(38)30-80-55(56)77)50-34(14-15-35-32(2)39(57)23-40(64-52)51(35)50)28-65(3)49(74)27-58-18-20-79-31-62-45(70)25-61-53(75)41(21-33-11-7-5-8-12-33)63-46(71)26-60-44(69)24-59-43(68)13-9-6-10-19-66-47(72)16-17-48(66)73/h5,7-8,11-12,16-17,22-23,28,34,41,58,78H,4,6,9-10,13-15,18-21,24-27,29-31H2,1-3H3,(H4-,59,60,61,62,63,68,69,70,71,75)/p+1/t34?,41-,56-/m0/s1. The van der Waals surface area contributed by atoms with E-state index in [2.05, 4.69) is 31.9 Å². The van der Waals surface area contributed by atoms with Gasteiger partial charge in [-0.1, -0.05) is 43.7 Å². The van der Waals surface area contributed by atoms with Gasteiger partial charge in [0.05, 0.1) is 61.2 Å². The zero-order valence-electron chi connectivity index (χ0n) is 44.7. The molecule has 2 aromatic heterocycles. The highest BCUT2D eigenvalue weighted by atomic mass is 19.1. The monoisotopic (exact) mass is 1100 g/mol. The zero-order valence-corrected chi connectivity index (χ0v) is 44.7. The van der Waals surface area contributed by atoms with Gasteiger partial charge in [0.2, 0.25) is 29.5 Å². The Morgan fingerprint density at radius 2 is 1.61 bits per heavy atom. The van der Waals surface area contributed by atoms with Gasteiger partial charge in [-0.3, -0.25) is 43.3 Å². The second kappa shape index (κ2) is 25.6. The zero-order chi connectivity index (χ0) is 57.3. The van der Waals surface area contributed by atoms with Crippen molar-refractivity contribution in [1.29, 1.82) is 0 Å². The van der Waals surface area contributed by atoms with Gasteiger partial charge in [0.1, 0.15) is 38.8 Å². The van der Waals surface area contributed by atoms with Crippen molar-refractivity contribution in [3.8, 4) is 11.4 Å². The quantitative estimate of drug-likeness (QED) is 0.0101. The third-order valence-corrected chi connectivity index (χ3v) is 14.7. The van der Waals surface area contributed by atoms with Crippen molar-refractivity contribution < 1.29 is 66.7 Å². The van der Waals surface area contributed by atoms with Crippen LogP contribution in [0.1, 0.15) is 90.3 Å². The predicted molar refractivity (Wildman–Crippen MR) is 285 cm³/mol. The van der Waals surface area contributed by atoms with Crippen LogP contribution in [0.3, 0.4) is 0 Å². The van der Waals surface area contributed by atoms with E-state index in [-0.39, 0.29) is 107 Å². The van der Waals surface area contributed by atoms with Gasteiger partial charge in [0, 0.05) is 60.7 Å². The van der Waals surface area contributed by atoms with Crippen LogP contribution in [-0.2, 0) is 84.2 Å². The van der Waals surface area contributed by atoms with Crippen molar-refractivity contribution in [3.63, 3.8) is 0 Å². The van der Waals surface area contributed by atoms with Crippen molar-refractivity contribution in [3.05, 3.63) is 110 Å². The highest BCUT2D eigenvalue weighted by molar-refractivity contribution is 6.12. The number of fused-ring (bicyclic) bond motifs is 5. The largest absolute Gasteiger partial charge is 0.458 e. The molecule has 4 aliphatic rings. The minimum atomic E-state index is -2.02. The molecule has 23 nitrogen and oxygen atoms in total. The SMILES string of the molecule is CC[C@@]1(O)C(=O)OCc2c1cc1n(c2=O)Cc2c-1nc1cc(F)c(C)c3c1c2C(C=[N+](C)C(=O)CNCCOCNC(=O)CNC(=O)[C@H](Cc1ccccc1)NC(=O)CNC(=O)CNC(=O)CCCCCN1C(=O)C=CC1=O)CC3. The number of rotatable bonds is 25. The van der Waals surface area contributed by atoms with E-state index in [9.17, 15) is 53.1 Å². The van der Waals surface area contributed by atoms with Gasteiger partial charge in [0.25, 0.3) is 17.4 Å². The van der Waals surface area contributed by atoms with Crippen LogP contribution in [0, 0.1) is 12.7 Å². The van der Waals surface area contributed by atoms with E-state index in [0.29, 0.717) is 60.1 Å². The molecular weight excluding hydrogens is 1040 g/mol. The maximum Gasteiger partial charge on any atom is 0.400 e. The van der Waals surface area contributed by atoms with Gasteiger partial charge in [-0.2, -0.15) is 4.58 Å². The van der Waals surface area contributed by atoms with Crippen LogP contribution in [0.2, 0.25) is 0 Å². The number of unbranched alkanes of at least 4 members (excludes halogenated alkanes) is 2. The van der Waals surface area contributed by atoms with E-state index in [1.54, 1.807) is 57.3 Å². The Kier molecular flexibility index (Phi) is 18.5. The summed E-state index contributed by atoms with van der Waals surface area (Å²) < 4.78 is 29.2. The van der Waals surface area contributed by atoms with E-state index < -0.39 is 71.6 Å². The number of benzene rings is 2. The second-order valence-electron chi connectivity index (χ2n) is 20.0. The lowest BCUT2D eigenvalue weighted by molar-refractivity contribution is -0.414. The average Bonchev–Trinajstić information content (AvgIpc) is 4.18. The molecule has 1 aliphatic carbocycles. The molecule has 0 bridgehead atoms. The van der Waals surface area contributed by atoms with Crippen molar-refractivity contribution >= 4 is 70.3 Å². The highest BCUT2D eigenvalue weighted by Crippen LogP contribution is 2.46. The van der Waals surface area contributed by atoms with E-state index in [0.717, 1.165) is 27.0 Å². The molecule has 0 spiro atoms. The molecule has 0 fully saturated rings. The number of esters is 1. The fraction of sp³-hybridized carbons (Fsp3) is 0.429. The summed E-state index contributed by atoms with van der Waals surface area (Å²) in [5.41, 5.74) is 2.69. The molecule has 3 aliphatic heterocycles. The van der Waals surface area contributed by atoms with Crippen LogP contribution in [0.5, 0.6) is 0 Å². The number of aryl methyl sites for hydroxylation is 1. The number of pyridine rings is 2. The number of hydrogen-bond acceptors (Lipinski definition) is 15. The van der Waals surface area contributed by atoms with Gasteiger partial charge >= 0.3 is 11.9 Å². The van der Waals surface area contributed by atoms with Crippen molar-refractivity contribution in [1.82, 2.24) is 46.4 Å². The van der Waals surface area contributed by atoms with Crippen LogP contribution in [-0.4, -0.2) is 149 Å². The van der Waals surface area contributed by atoms with Gasteiger partial charge in [0.15, 0.2) is 11.8 Å². The highest BCUT2D eigenvalue weighted by Gasteiger charge is 2.46. The molecular formula is C56H64FN10O13+. The fourth-order valence-corrected chi connectivity index (χ4v) is 10.3. The van der Waals surface area contributed by atoms with Crippen LogP contribution in [0.25, 0.3) is 22.3 Å². The molecule has 8 amide bonds. The van der Waals surface area contributed by atoms with Crippen molar-refractivity contribution in [2.75, 3.05) is 59.7 Å². The maximum absolute atomic E-state index is 15.4. The van der Waals surface area contributed by atoms with Crippen molar-refractivity contribution in [2.45, 2.75) is 95.9 Å². The molecule has 4 aromatic rings. The number of amides is 8. The molecule has 0 radical (unpaired) electrons. The van der Waals surface area contributed by atoms with Crippen LogP contribution in [0.4, 0.5) is 4.39 Å². The van der Waals surface area contributed by atoms with Crippen LogP contribution in [0.15, 0.2) is 59.4 Å². The van der Waals surface area contributed by atoms with E-state index in [1.165, 1.54) is 27.4 Å². The Labute approximate surface area is 458 Å². The smallest absolute Gasteiger partial charge is 0.400 e. The van der Waals surface area contributed by atoms with Crippen LogP contribution < -0.4 is 37.5 Å². The van der Waals surface area contributed by atoms with Gasteiger partial charge in [-0.25, -0.2) is 19.0 Å². The number of nitrogens with one attached hydrogen (secondary N) is 6. The number of imide groups is 1. The molecule has 7 N–H and O–H groups in total. The van der Waals surface area contributed by atoms with Crippen molar-refractivity contribution in [2.24, 2.45) is 0 Å². The summed E-state index contributed by atoms with van der Waals surface area (Å²) in [5, 5.41) is 27.7. The van der Waals surface area contributed by atoms with Gasteiger partial charge in [-0.15, -0.1) is 0 Å². The Morgan fingerprint density at radius 1 is 0.900 bits per heavy atom. The summed E-state index contributed by atoms with van der Waals surface area (Å²) in [4.78, 5) is 133. The lowest BCUT2D eigenvalue weighted by atomic mass is 9.78. The van der Waals surface area contributed by atoms with Crippen LogP contribution >= 0.6 is 0 Å². The number of aliphatic hydroxyl groups is 1. The number of ether oxygens (including phenoxy) is 2. The van der Waals surface area contributed by atoms with Gasteiger partial charge < -0.3 is 51.0 Å². The molecule has 3 atom stereocenters. The Bertz CT molecular complexity index is 3270. The normalized spacial score (nSPS) is 17.3. The van der Waals surface area contributed by atoms with E-state index in [4.69, 9.17) is 14.5 Å². The first kappa shape index (κ1) is 57.8. The number of carbonyl (C=O) groups is 9. The number of cyclic esters (lactones) is 1. The first-order chi connectivity index (χ1) is 38.4. The molecule has 24 heteroatoms. The summed E-state index contributed by atoms with van der Waals surface area (Å²) in [5.74, 6) is -5.57. The summed E-state index contributed by atoms with van der Waals surface area (Å²) in [6.45, 7) is 2.16. The second-order valence-corrected chi connectivity index (χ2v) is 20.0. The number of aromatic nitrogens is 2. The Balaban J connectivity index is 0.765. The first-order valence-corrected chi connectivity index (χ1v) is 26.5. The average molecular weight is 1100 g/mol. The molecule has 1 unspecified atom stereocenters. The molecule has 422 valence electrons. The summed E-state index contributed by atoms with van der Waals surface area (Å²) in [6, 6.07) is 10.7. The summed E-state index contributed by atoms with van der Waals surface area (Å²) >= 11 is 0. The minimum absolute atomic E-state index is 0.0223. The summed E-state index contributed by atoms with van der Waals surface area (Å²) in [6.07, 6.45) is 7.02. The molecule has 8 rings (SSSR count). The maximum atomic E-state index is 15.4. The molecule has 5 heterocycles. The molecule has 80 heavy (non-hydrogen) atoms. The third kappa shape index (κ3) is 13.0. The number of carbonyl (C=O) groups excluding carboxylic acids is 9. The fourth-order valence-electron chi connectivity index (χ4n) is 10.3. The lowest BCUT2D eigenvalue weighted by Crippen LogP contribution is -2.52. The van der Waals surface area contributed by atoms with Gasteiger partial charge in [-0.05, 0) is 67.3 Å². The molecule has 2 aromatic carbocycles.